The van der Waals surface area contributed by atoms with Crippen molar-refractivity contribution < 1.29 is 38.1 Å². The van der Waals surface area contributed by atoms with Crippen LogP contribution < -0.4 is 9.47 Å². The number of hydrogen-bond acceptors (Lipinski definition) is 10. The fraction of sp³-hybridized carbons (Fsp3) is 0.403. The highest BCUT2D eigenvalue weighted by Crippen LogP contribution is 2.28. The molecule has 8 nitrogen and oxygen atoms in total. The van der Waals surface area contributed by atoms with Gasteiger partial charge in [-0.15, -0.1) is 23.5 Å². The third-order valence-electron chi connectivity index (χ3n) is 13.0. The maximum atomic E-state index is 12.6. The molecule has 0 aliphatic carbocycles. The van der Waals surface area contributed by atoms with Crippen LogP contribution in [-0.4, -0.2) is 48.6 Å². The van der Waals surface area contributed by atoms with Crippen LogP contribution in [0.5, 0.6) is 11.5 Å². The summed E-state index contributed by atoms with van der Waals surface area (Å²) in [5.41, 5.74) is 6.17. The normalized spacial score (nSPS) is 10.8. The summed E-state index contributed by atoms with van der Waals surface area (Å²) in [6.07, 6.45) is 23.2. The fourth-order valence-electron chi connectivity index (χ4n) is 8.26. The van der Waals surface area contributed by atoms with E-state index >= 15 is 0 Å². The lowest BCUT2D eigenvalue weighted by atomic mass is 10.0. The van der Waals surface area contributed by atoms with Gasteiger partial charge in [-0.2, -0.15) is 0 Å². The summed E-state index contributed by atoms with van der Waals surface area (Å²) in [4.78, 5) is 52.0. The smallest absolute Gasteiger partial charge is 0.343 e. The quantitative estimate of drug-likeness (QED) is 0.0171. The number of hydrogen-bond donors (Lipinski definition) is 0. The number of carbonyl (C=O) groups is 4. The molecule has 6 aromatic carbocycles. The molecule has 0 aliphatic heterocycles. The zero-order valence-corrected chi connectivity index (χ0v) is 47.8. The Bertz CT molecular complexity index is 2590. The Hall–Kier alpha value is -6.10. The largest absolute Gasteiger partial charge is 0.462 e. The van der Waals surface area contributed by atoms with Crippen molar-refractivity contribution in [3.05, 3.63) is 168 Å². The van der Waals surface area contributed by atoms with Crippen LogP contribution >= 0.6 is 23.5 Å². The van der Waals surface area contributed by atoms with Crippen molar-refractivity contribution >= 4 is 47.4 Å². The van der Waals surface area contributed by atoms with Crippen LogP contribution in [0.2, 0.25) is 0 Å². The van der Waals surface area contributed by atoms with E-state index < -0.39 is 11.9 Å². The molecule has 0 aliphatic rings. The number of benzene rings is 6. The molecule has 0 bridgehead atoms. The molecule has 0 N–H and O–H groups in total. The lowest BCUT2D eigenvalue weighted by Gasteiger charge is -2.08. The van der Waals surface area contributed by atoms with Gasteiger partial charge in [0, 0.05) is 9.79 Å². The molecule has 6 aromatic rings. The zero-order valence-electron chi connectivity index (χ0n) is 46.2. The third-order valence-corrected chi connectivity index (χ3v) is 15.2. The van der Waals surface area contributed by atoms with E-state index in [1.54, 1.807) is 72.8 Å². The van der Waals surface area contributed by atoms with Gasteiger partial charge in [0.1, 0.15) is 11.5 Å². The van der Waals surface area contributed by atoms with Crippen LogP contribution in [0.1, 0.15) is 191 Å². The van der Waals surface area contributed by atoms with Crippen LogP contribution in [0.3, 0.4) is 0 Å². The molecule has 0 unspecified atom stereocenters. The lowest BCUT2D eigenvalue weighted by molar-refractivity contribution is 0.0489. The summed E-state index contributed by atoms with van der Waals surface area (Å²) >= 11 is 3.84. The second-order valence-electron chi connectivity index (χ2n) is 19.3. The van der Waals surface area contributed by atoms with E-state index in [9.17, 15) is 19.2 Å². The van der Waals surface area contributed by atoms with Gasteiger partial charge in [-0.25, -0.2) is 19.2 Å². The minimum Gasteiger partial charge on any atom is -0.462 e. The molecule has 0 atom stereocenters. The highest BCUT2D eigenvalue weighted by atomic mass is 32.2. The molecule has 0 saturated heterocycles. The highest BCUT2D eigenvalue weighted by molar-refractivity contribution is 7.99. The number of rotatable bonds is 33. The van der Waals surface area contributed by atoms with Gasteiger partial charge in [-0.1, -0.05) is 173 Å². The highest BCUT2D eigenvalue weighted by Gasteiger charge is 2.14. The van der Waals surface area contributed by atoms with Crippen LogP contribution in [0.25, 0.3) is 22.3 Å². The molecule has 0 heterocycles. The molecule has 410 valence electrons. The Kier molecular flexibility index (Phi) is 29.5. The van der Waals surface area contributed by atoms with Crippen molar-refractivity contribution in [3.8, 4) is 33.8 Å². The molecule has 0 saturated carbocycles. The average molecular weight is 1080 g/mol. The van der Waals surface area contributed by atoms with Crippen molar-refractivity contribution in [1.82, 2.24) is 0 Å². The number of carbonyl (C=O) groups excluding carboxylic acids is 4. The predicted octanol–water partition coefficient (Wildman–Crippen LogP) is 19.1. The van der Waals surface area contributed by atoms with Gasteiger partial charge in [-0.3, -0.25) is 0 Å². The minimum absolute atomic E-state index is 0.362. The summed E-state index contributed by atoms with van der Waals surface area (Å²) in [6, 6.07) is 45.0. The number of unbranched alkanes of at least 4 members (excludes halogenated alkanes) is 15. The lowest BCUT2D eigenvalue weighted by Crippen LogP contribution is -2.09. The standard InChI is InChI=1S/C34H42O4S.C33H40O4S/c1-3-5-7-8-9-10-12-26-39-32-23-19-28(20-24-32)27-13-15-30(16-14-27)34(36)38-31-21-17-29(18-22-31)33(35)37-25-11-6-4-2;1-3-5-7-8-9-11-25-38-31-22-18-27(19-23-31)26-12-14-29(15-13-26)33(35)37-30-20-16-28(17-21-30)32(34)36-24-10-6-4-2/h13-24H,3-12,25-26H2,1-2H3;12-23H,3-11,24-25H2,1-2H3. The van der Waals surface area contributed by atoms with Gasteiger partial charge in [0.15, 0.2) is 0 Å². The molecule has 6 rings (SSSR count). The summed E-state index contributed by atoms with van der Waals surface area (Å²) in [5.74, 6) is 1.50. The zero-order chi connectivity index (χ0) is 54.7. The van der Waals surface area contributed by atoms with E-state index in [0.717, 1.165) is 72.3 Å². The minimum atomic E-state index is -0.437. The Morgan fingerprint density at radius 1 is 0.299 bits per heavy atom. The van der Waals surface area contributed by atoms with Gasteiger partial charge >= 0.3 is 23.9 Å². The monoisotopic (exact) mass is 1080 g/mol. The van der Waals surface area contributed by atoms with E-state index in [1.165, 1.54) is 93.3 Å². The van der Waals surface area contributed by atoms with E-state index in [1.807, 2.05) is 47.8 Å². The first-order valence-corrected chi connectivity index (χ1v) is 30.3. The van der Waals surface area contributed by atoms with Crippen LogP contribution in [0, 0.1) is 0 Å². The predicted molar refractivity (Wildman–Crippen MR) is 319 cm³/mol. The Morgan fingerprint density at radius 2 is 0.558 bits per heavy atom. The first-order chi connectivity index (χ1) is 37.7. The maximum absolute atomic E-state index is 12.6. The van der Waals surface area contributed by atoms with E-state index in [2.05, 4.69) is 76.2 Å². The first kappa shape index (κ1) is 61.7. The number of thioether (sulfide) groups is 2. The average Bonchev–Trinajstić information content (AvgIpc) is 3.46. The van der Waals surface area contributed by atoms with Crippen LogP contribution in [0.15, 0.2) is 155 Å². The topological polar surface area (TPSA) is 105 Å². The van der Waals surface area contributed by atoms with Gasteiger partial charge in [0.25, 0.3) is 0 Å². The summed E-state index contributed by atoms with van der Waals surface area (Å²) in [5, 5.41) is 0. The Labute approximate surface area is 468 Å². The van der Waals surface area contributed by atoms with Crippen molar-refractivity contribution in [2.24, 2.45) is 0 Å². The van der Waals surface area contributed by atoms with Crippen molar-refractivity contribution in [2.75, 3.05) is 24.7 Å². The van der Waals surface area contributed by atoms with Crippen LogP contribution in [0.4, 0.5) is 0 Å². The molecule has 77 heavy (non-hydrogen) atoms. The molecule has 10 heteroatoms. The van der Waals surface area contributed by atoms with Crippen molar-refractivity contribution in [1.29, 1.82) is 0 Å². The molecular formula is C67H82O8S2. The third kappa shape index (κ3) is 23.6. The van der Waals surface area contributed by atoms with Gasteiger partial charge in [-0.05, 0) is 157 Å². The number of ether oxygens (including phenoxy) is 4. The Morgan fingerprint density at radius 3 is 0.883 bits per heavy atom. The van der Waals surface area contributed by atoms with Crippen molar-refractivity contribution in [2.45, 2.75) is 159 Å². The SMILES string of the molecule is CCCCCCCCCSc1ccc(-c2ccc(C(=O)Oc3ccc(C(=O)OCCCCC)cc3)cc2)cc1.CCCCCCCCSc1ccc(-c2ccc(C(=O)Oc3ccc(C(=O)OCCCCC)cc3)cc2)cc1. The van der Waals surface area contributed by atoms with Crippen LogP contribution in [-0.2, 0) is 9.47 Å². The Balaban J connectivity index is 0.000000284. The summed E-state index contributed by atoms with van der Waals surface area (Å²) in [6.45, 7) is 9.55. The molecule has 0 amide bonds. The maximum Gasteiger partial charge on any atom is 0.343 e. The summed E-state index contributed by atoms with van der Waals surface area (Å²) in [7, 11) is 0. The number of esters is 4. The van der Waals surface area contributed by atoms with Gasteiger partial charge < -0.3 is 18.9 Å². The fourth-order valence-corrected chi connectivity index (χ4v) is 10.1. The summed E-state index contributed by atoms with van der Waals surface area (Å²) < 4.78 is 21.5. The molecular weight excluding hydrogens is 997 g/mol. The van der Waals surface area contributed by atoms with Gasteiger partial charge in [0.2, 0.25) is 0 Å². The molecule has 0 spiro atoms. The van der Waals surface area contributed by atoms with Gasteiger partial charge in [0.05, 0.1) is 35.5 Å². The second-order valence-corrected chi connectivity index (χ2v) is 21.6. The van der Waals surface area contributed by atoms with Crippen molar-refractivity contribution in [3.63, 3.8) is 0 Å². The first-order valence-electron chi connectivity index (χ1n) is 28.4. The molecule has 0 aromatic heterocycles. The molecule has 0 radical (unpaired) electrons. The second kappa shape index (κ2) is 36.8. The van der Waals surface area contributed by atoms with E-state index in [0.29, 0.717) is 47.0 Å². The van der Waals surface area contributed by atoms with E-state index in [4.69, 9.17) is 18.9 Å². The van der Waals surface area contributed by atoms with E-state index in [-0.39, 0.29) is 11.9 Å². The molecule has 0 fully saturated rings.